The zero-order valence-electron chi connectivity index (χ0n) is 8.25. The minimum Gasteiger partial charge on any atom is -0.397 e. The number of nitrogens with zero attached hydrogens (tertiary/aromatic N) is 1. The molecule has 1 N–H and O–H groups in total. The number of nitrogens with one attached hydrogen (secondary N) is 1. The van der Waals surface area contributed by atoms with Crippen LogP contribution in [0.25, 0.3) is 0 Å². The molecular formula is C10H13ClN2O. The molecule has 0 spiro atoms. The topological polar surface area (TPSA) is 33.6 Å². The molecule has 0 unspecified atom stereocenters. The lowest BCUT2D eigenvalue weighted by atomic mass is 10.2. The SMILES string of the molecule is CCN/C(=N\OC)c1ccc(Cl)cc1. The molecule has 0 heterocycles. The third kappa shape index (κ3) is 2.92. The van der Waals surface area contributed by atoms with Crippen LogP contribution in [0.3, 0.4) is 0 Å². The van der Waals surface area contributed by atoms with E-state index in [0.717, 1.165) is 12.1 Å². The Morgan fingerprint density at radius 3 is 2.57 bits per heavy atom. The third-order valence-corrected chi connectivity index (χ3v) is 1.90. The summed E-state index contributed by atoms with van der Waals surface area (Å²) in [6.45, 7) is 2.80. The molecule has 3 nitrogen and oxygen atoms in total. The molecule has 0 radical (unpaired) electrons. The molecule has 4 heteroatoms. The number of benzene rings is 1. The van der Waals surface area contributed by atoms with Crippen molar-refractivity contribution >= 4 is 17.4 Å². The highest BCUT2D eigenvalue weighted by Crippen LogP contribution is 2.09. The van der Waals surface area contributed by atoms with Gasteiger partial charge in [0.1, 0.15) is 7.11 Å². The molecule has 0 atom stereocenters. The van der Waals surface area contributed by atoms with Crippen molar-refractivity contribution < 1.29 is 4.84 Å². The summed E-state index contributed by atoms with van der Waals surface area (Å²) in [7, 11) is 1.52. The number of amidine groups is 1. The van der Waals surface area contributed by atoms with Crippen molar-refractivity contribution in [1.29, 1.82) is 0 Å². The Balaban J connectivity index is 2.88. The van der Waals surface area contributed by atoms with Crippen LogP contribution in [0.15, 0.2) is 29.4 Å². The van der Waals surface area contributed by atoms with Gasteiger partial charge in [0.2, 0.25) is 0 Å². The quantitative estimate of drug-likeness (QED) is 0.474. The molecule has 0 saturated heterocycles. The van der Waals surface area contributed by atoms with E-state index in [-0.39, 0.29) is 0 Å². The van der Waals surface area contributed by atoms with Gasteiger partial charge in [-0.15, -0.1) is 0 Å². The van der Waals surface area contributed by atoms with E-state index in [1.54, 1.807) is 0 Å². The normalized spacial score (nSPS) is 11.2. The van der Waals surface area contributed by atoms with Gasteiger partial charge in [-0.3, -0.25) is 0 Å². The van der Waals surface area contributed by atoms with Gasteiger partial charge in [0.15, 0.2) is 5.84 Å². The lowest BCUT2D eigenvalue weighted by Gasteiger charge is -2.06. The van der Waals surface area contributed by atoms with Crippen LogP contribution in [0.4, 0.5) is 0 Å². The molecule has 0 aliphatic heterocycles. The second kappa shape index (κ2) is 5.50. The fourth-order valence-corrected chi connectivity index (χ4v) is 1.18. The molecular weight excluding hydrogens is 200 g/mol. The lowest BCUT2D eigenvalue weighted by molar-refractivity contribution is 0.212. The first-order valence-electron chi connectivity index (χ1n) is 4.39. The van der Waals surface area contributed by atoms with E-state index in [2.05, 4.69) is 10.5 Å². The minimum atomic E-state index is 0.710. The van der Waals surface area contributed by atoms with Gasteiger partial charge in [-0.05, 0) is 31.2 Å². The first-order chi connectivity index (χ1) is 6.77. The largest absolute Gasteiger partial charge is 0.397 e. The Hall–Kier alpha value is -1.22. The van der Waals surface area contributed by atoms with E-state index in [1.165, 1.54) is 7.11 Å². The van der Waals surface area contributed by atoms with Gasteiger partial charge in [0.05, 0.1) is 0 Å². The van der Waals surface area contributed by atoms with Gasteiger partial charge in [0, 0.05) is 17.1 Å². The highest BCUT2D eigenvalue weighted by molar-refractivity contribution is 6.30. The Kier molecular flexibility index (Phi) is 4.26. The van der Waals surface area contributed by atoms with Crippen molar-refractivity contribution in [3.05, 3.63) is 34.9 Å². The molecule has 0 aromatic heterocycles. The summed E-state index contributed by atoms with van der Waals surface area (Å²) in [5, 5.41) is 7.69. The summed E-state index contributed by atoms with van der Waals surface area (Å²) in [5.41, 5.74) is 0.957. The Labute approximate surface area is 88.7 Å². The van der Waals surface area contributed by atoms with E-state index >= 15 is 0 Å². The summed E-state index contributed by atoms with van der Waals surface area (Å²) in [6, 6.07) is 7.42. The maximum absolute atomic E-state index is 5.78. The predicted molar refractivity (Wildman–Crippen MR) is 58.7 cm³/mol. The van der Waals surface area contributed by atoms with Crippen LogP contribution in [0.1, 0.15) is 12.5 Å². The molecule has 76 valence electrons. The van der Waals surface area contributed by atoms with Crippen molar-refractivity contribution in [2.45, 2.75) is 6.92 Å². The van der Waals surface area contributed by atoms with E-state index in [1.807, 2.05) is 31.2 Å². The standard InChI is InChI=1S/C10H13ClN2O/c1-3-12-10(13-14-2)8-4-6-9(11)7-5-8/h4-7H,3H2,1-2H3,(H,12,13). The minimum absolute atomic E-state index is 0.710. The molecule has 1 aromatic rings. The van der Waals surface area contributed by atoms with Crippen LogP contribution in [0.5, 0.6) is 0 Å². The zero-order chi connectivity index (χ0) is 10.4. The molecule has 1 aromatic carbocycles. The van der Waals surface area contributed by atoms with Crippen LogP contribution in [-0.2, 0) is 4.84 Å². The van der Waals surface area contributed by atoms with Crippen molar-refractivity contribution in [2.24, 2.45) is 5.16 Å². The van der Waals surface area contributed by atoms with Gasteiger partial charge in [-0.1, -0.05) is 16.8 Å². The second-order valence-electron chi connectivity index (χ2n) is 2.66. The Morgan fingerprint density at radius 2 is 2.07 bits per heavy atom. The molecule has 0 bridgehead atoms. The number of halogens is 1. The highest BCUT2D eigenvalue weighted by atomic mass is 35.5. The fourth-order valence-electron chi connectivity index (χ4n) is 1.05. The molecule has 1 rings (SSSR count). The van der Waals surface area contributed by atoms with Gasteiger partial charge in [-0.2, -0.15) is 0 Å². The van der Waals surface area contributed by atoms with Gasteiger partial charge >= 0.3 is 0 Å². The second-order valence-corrected chi connectivity index (χ2v) is 3.10. The summed E-state index contributed by atoms with van der Waals surface area (Å²) in [6.07, 6.45) is 0. The first-order valence-corrected chi connectivity index (χ1v) is 4.76. The average molecular weight is 213 g/mol. The van der Waals surface area contributed by atoms with Crippen molar-refractivity contribution in [1.82, 2.24) is 5.32 Å². The smallest absolute Gasteiger partial charge is 0.172 e. The van der Waals surface area contributed by atoms with Gasteiger partial charge in [0.25, 0.3) is 0 Å². The maximum atomic E-state index is 5.78. The lowest BCUT2D eigenvalue weighted by Crippen LogP contribution is -2.24. The summed E-state index contributed by atoms with van der Waals surface area (Å²) in [5.74, 6) is 0.715. The first kappa shape index (κ1) is 10.9. The van der Waals surface area contributed by atoms with Gasteiger partial charge in [-0.25, -0.2) is 0 Å². The Morgan fingerprint density at radius 1 is 1.43 bits per heavy atom. The highest BCUT2D eigenvalue weighted by Gasteiger charge is 2.01. The summed E-state index contributed by atoms with van der Waals surface area (Å²) >= 11 is 5.78. The van der Waals surface area contributed by atoms with Crippen molar-refractivity contribution in [3.63, 3.8) is 0 Å². The molecule has 0 aliphatic carbocycles. The summed E-state index contributed by atoms with van der Waals surface area (Å²) < 4.78 is 0. The monoisotopic (exact) mass is 212 g/mol. The van der Waals surface area contributed by atoms with E-state index in [4.69, 9.17) is 16.4 Å². The number of hydrogen-bond donors (Lipinski definition) is 1. The van der Waals surface area contributed by atoms with E-state index in [0.29, 0.717) is 10.9 Å². The maximum Gasteiger partial charge on any atom is 0.172 e. The Bertz CT molecular complexity index is 308. The van der Waals surface area contributed by atoms with Crippen LogP contribution in [0, 0.1) is 0 Å². The number of rotatable bonds is 3. The molecule has 0 saturated carbocycles. The third-order valence-electron chi connectivity index (χ3n) is 1.64. The van der Waals surface area contributed by atoms with Crippen LogP contribution in [0.2, 0.25) is 5.02 Å². The zero-order valence-corrected chi connectivity index (χ0v) is 9.01. The van der Waals surface area contributed by atoms with E-state index in [9.17, 15) is 0 Å². The molecule has 14 heavy (non-hydrogen) atoms. The predicted octanol–water partition coefficient (Wildman–Crippen LogP) is 2.26. The average Bonchev–Trinajstić information content (AvgIpc) is 2.19. The fraction of sp³-hybridized carbons (Fsp3) is 0.300. The van der Waals surface area contributed by atoms with E-state index < -0.39 is 0 Å². The summed E-state index contributed by atoms with van der Waals surface area (Å²) in [4.78, 5) is 4.73. The van der Waals surface area contributed by atoms with Crippen LogP contribution >= 0.6 is 11.6 Å². The number of hydrogen-bond acceptors (Lipinski definition) is 2. The van der Waals surface area contributed by atoms with Crippen molar-refractivity contribution in [3.8, 4) is 0 Å². The van der Waals surface area contributed by atoms with Crippen LogP contribution in [-0.4, -0.2) is 19.5 Å². The molecule has 0 aliphatic rings. The van der Waals surface area contributed by atoms with Crippen LogP contribution < -0.4 is 5.32 Å². The van der Waals surface area contributed by atoms with Gasteiger partial charge < -0.3 is 10.2 Å². The number of oxime groups is 1. The molecule has 0 amide bonds. The van der Waals surface area contributed by atoms with Crippen molar-refractivity contribution in [2.75, 3.05) is 13.7 Å². The molecule has 0 fully saturated rings.